The molecule has 1 saturated carbocycles. The van der Waals surface area contributed by atoms with Crippen molar-refractivity contribution in [3.63, 3.8) is 0 Å². The lowest BCUT2D eigenvalue weighted by atomic mass is 9.88. The first kappa shape index (κ1) is 12.1. The van der Waals surface area contributed by atoms with Crippen molar-refractivity contribution in [1.29, 1.82) is 0 Å². The maximum Gasteiger partial charge on any atom is 0.243 e. The third kappa shape index (κ3) is 1.84. The van der Waals surface area contributed by atoms with Crippen LogP contribution in [0.4, 0.5) is 4.39 Å². The van der Waals surface area contributed by atoms with Gasteiger partial charge < -0.3 is 5.73 Å². The second-order valence-electron chi connectivity index (χ2n) is 5.24. The molecule has 1 aliphatic carbocycles. The van der Waals surface area contributed by atoms with Crippen molar-refractivity contribution < 1.29 is 12.8 Å². The Labute approximate surface area is 106 Å². The van der Waals surface area contributed by atoms with E-state index in [9.17, 15) is 12.8 Å². The van der Waals surface area contributed by atoms with Crippen LogP contribution in [0.3, 0.4) is 0 Å². The SMILES string of the molecule is NC1(C2CC2)CN(S(=O)(=O)c2cccc(F)c2)C1. The average molecular weight is 270 g/mol. The van der Waals surface area contributed by atoms with E-state index in [0.717, 1.165) is 18.9 Å². The van der Waals surface area contributed by atoms with Gasteiger partial charge in [0, 0.05) is 18.6 Å². The second-order valence-corrected chi connectivity index (χ2v) is 7.18. The summed E-state index contributed by atoms with van der Waals surface area (Å²) < 4.78 is 38.8. The maximum absolute atomic E-state index is 13.1. The van der Waals surface area contributed by atoms with Gasteiger partial charge in [-0.2, -0.15) is 4.31 Å². The zero-order valence-corrected chi connectivity index (χ0v) is 10.7. The average Bonchev–Trinajstić information content (AvgIpc) is 3.08. The molecular weight excluding hydrogens is 255 g/mol. The zero-order chi connectivity index (χ0) is 13.0. The second kappa shape index (κ2) is 3.76. The van der Waals surface area contributed by atoms with Crippen LogP contribution < -0.4 is 5.73 Å². The van der Waals surface area contributed by atoms with E-state index < -0.39 is 15.8 Å². The van der Waals surface area contributed by atoms with Crippen LogP contribution in [0.25, 0.3) is 0 Å². The molecule has 6 heteroatoms. The summed E-state index contributed by atoms with van der Waals surface area (Å²) in [5.74, 6) is -0.0886. The molecule has 0 amide bonds. The quantitative estimate of drug-likeness (QED) is 0.889. The minimum Gasteiger partial charge on any atom is -0.323 e. The van der Waals surface area contributed by atoms with Crippen molar-refractivity contribution in [1.82, 2.24) is 4.31 Å². The van der Waals surface area contributed by atoms with Crippen molar-refractivity contribution in [2.45, 2.75) is 23.3 Å². The fourth-order valence-electron chi connectivity index (χ4n) is 2.47. The number of hydrogen-bond donors (Lipinski definition) is 1. The standard InChI is InChI=1S/C12H15FN2O2S/c13-10-2-1-3-11(6-10)18(16,17)15-7-12(14,8-15)9-4-5-9/h1-3,6,9H,4-5,7-8,14H2. The number of nitrogens with two attached hydrogens (primary N) is 1. The predicted molar refractivity (Wildman–Crippen MR) is 64.8 cm³/mol. The van der Waals surface area contributed by atoms with Gasteiger partial charge >= 0.3 is 0 Å². The molecule has 1 aromatic carbocycles. The first-order valence-corrected chi connectivity index (χ1v) is 7.40. The predicted octanol–water partition coefficient (Wildman–Crippen LogP) is 0.937. The molecule has 1 aliphatic heterocycles. The molecule has 2 fully saturated rings. The summed E-state index contributed by atoms with van der Waals surface area (Å²) in [6.45, 7) is 0.688. The van der Waals surface area contributed by atoms with Crippen LogP contribution in [0, 0.1) is 11.7 Å². The summed E-state index contributed by atoms with van der Waals surface area (Å²) in [6, 6.07) is 5.08. The largest absolute Gasteiger partial charge is 0.323 e. The van der Waals surface area contributed by atoms with E-state index >= 15 is 0 Å². The molecule has 0 aromatic heterocycles. The number of nitrogens with zero attached hydrogens (tertiary/aromatic N) is 1. The van der Waals surface area contributed by atoms with Crippen LogP contribution >= 0.6 is 0 Å². The van der Waals surface area contributed by atoms with Gasteiger partial charge in [-0.1, -0.05) is 6.07 Å². The van der Waals surface area contributed by atoms with Gasteiger partial charge in [-0.3, -0.25) is 0 Å². The molecule has 1 aromatic rings. The number of rotatable bonds is 3. The van der Waals surface area contributed by atoms with Crippen molar-refractivity contribution >= 4 is 10.0 Å². The van der Waals surface area contributed by atoms with Crippen molar-refractivity contribution in [2.24, 2.45) is 11.7 Å². The van der Waals surface area contributed by atoms with E-state index in [2.05, 4.69) is 0 Å². The van der Waals surface area contributed by atoms with Crippen LogP contribution in [0.2, 0.25) is 0 Å². The smallest absolute Gasteiger partial charge is 0.243 e. The van der Waals surface area contributed by atoms with Crippen LogP contribution in [0.1, 0.15) is 12.8 Å². The third-order valence-electron chi connectivity index (χ3n) is 3.77. The number of hydrogen-bond acceptors (Lipinski definition) is 3. The Bertz CT molecular complexity index is 577. The number of sulfonamides is 1. The first-order valence-electron chi connectivity index (χ1n) is 5.96. The van der Waals surface area contributed by atoms with Crippen molar-refractivity contribution in [2.75, 3.05) is 13.1 Å². The Morgan fingerprint density at radius 3 is 2.56 bits per heavy atom. The highest BCUT2D eigenvalue weighted by molar-refractivity contribution is 7.89. The molecule has 0 bridgehead atoms. The fourth-order valence-corrected chi connectivity index (χ4v) is 4.10. The van der Waals surface area contributed by atoms with E-state index in [-0.39, 0.29) is 10.4 Å². The highest BCUT2D eigenvalue weighted by Gasteiger charge is 2.53. The minimum atomic E-state index is -3.59. The van der Waals surface area contributed by atoms with Crippen molar-refractivity contribution in [3.8, 4) is 0 Å². The molecule has 0 atom stereocenters. The molecule has 1 saturated heterocycles. The zero-order valence-electron chi connectivity index (χ0n) is 9.84. The van der Waals surface area contributed by atoms with E-state index in [1.165, 1.54) is 22.5 Å². The van der Waals surface area contributed by atoms with Gasteiger partial charge in [0.1, 0.15) is 5.82 Å². The molecule has 2 aliphatic rings. The van der Waals surface area contributed by atoms with Gasteiger partial charge in [-0.15, -0.1) is 0 Å². The number of halogens is 1. The molecular formula is C12H15FN2O2S. The van der Waals surface area contributed by atoms with E-state index in [1.807, 2.05) is 0 Å². The van der Waals surface area contributed by atoms with Gasteiger partial charge in [0.15, 0.2) is 0 Å². The number of benzene rings is 1. The molecule has 0 radical (unpaired) electrons. The van der Waals surface area contributed by atoms with Gasteiger partial charge in [0.25, 0.3) is 0 Å². The fraction of sp³-hybridized carbons (Fsp3) is 0.500. The van der Waals surface area contributed by atoms with Gasteiger partial charge in [-0.25, -0.2) is 12.8 Å². The summed E-state index contributed by atoms with van der Waals surface area (Å²) >= 11 is 0. The van der Waals surface area contributed by atoms with Crippen LogP contribution in [0.15, 0.2) is 29.2 Å². The van der Waals surface area contributed by atoms with Crippen molar-refractivity contribution in [3.05, 3.63) is 30.1 Å². The molecule has 98 valence electrons. The summed E-state index contributed by atoms with van der Waals surface area (Å²) in [4.78, 5) is 0.000321. The third-order valence-corrected chi connectivity index (χ3v) is 5.55. The molecule has 0 spiro atoms. The van der Waals surface area contributed by atoms with Gasteiger partial charge in [-0.05, 0) is 37.0 Å². The Morgan fingerprint density at radius 2 is 2.00 bits per heavy atom. The molecule has 3 rings (SSSR count). The monoisotopic (exact) mass is 270 g/mol. The Balaban J connectivity index is 1.80. The summed E-state index contributed by atoms with van der Waals surface area (Å²) in [6.07, 6.45) is 2.18. The van der Waals surface area contributed by atoms with Gasteiger partial charge in [0.05, 0.1) is 4.90 Å². The Hall–Kier alpha value is -0.980. The summed E-state index contributed by atoms with van der Waals surface area (Å²) in [5, 5.41) is 0. The van der Waals surface area contributed by atoms with E-state index in [4.69, 9.17) is 5.73 Å². The minimum absolute atomic E-state index is 0.000321. The maximum atomic E-state index is 13.1. The molecule has 18 heavy (non-hydrogen) atoms. The first-order chi connectivity index (χ1) is 8.42. The Kier molecular flexibility index (Phi) is 2.52. The van der Waals surface area contributed by atoms with Crippen LogP contribution in [0.5, 0.6) is 0 Å². The lowest BCUT2D eigenvalue weighted by molar-refractivity contribution is 0.135. The highest BCUT2D eigenvalue weighted by Crippen LogP contribution is 2.44. The van der Waals surface area contributed by atoms with Crippen LogP contribution in [-0.2, 0) is 10.0 Å². The van der Waals surface area contributed by atoms with Gasteiger partial charge in [0.2, 0.25) is 10.0 Å². The van der Waals surface area contributed by atoms with E-state index in [1.54, 1.807) is 0 Å². The topological polar surface area (TPSA) is 63.4 Å². The molecule has 4 nitrogen and oxygen atoms in total. The van der Waals surface area contributed by atoms with E-state index in [0.29, 0.717) is 19.0 Å². The molecule has 2 N–H and O–H groups in total. The normalized spacial score (nSPS) is 23.7. The lowest BCUT2D eigenvalue weighted by Gasteiger charge is -2.47. The van der Waals surface area contributed by atoms with Crippen LogP contribution in [-0.4, -0.2) is 31.4 Å². The molecule has 0 unspecified atom stereocenters. The lowest BCUT2D eigenvalue weighted by Crippen LogP contribution is -2.69. The Morgan fingerprint density at radius 1 is 1.33 bits per heavy atom. The summed E-state index contributed by atoms with van der Waals surface area (Å²) in [5.41, 5.74) is 5.76. The molecule has 1 heterocycles. The highest BCUT2D eigenvalue weighted by atomic mass is 32.2. The summed E-state index contributed by atoms with van der Waals surface area (Å²) in [7, 11) is -3.59.